The van der Waals surface area contributed by atoms with E-state index in [-0.39, 0.29) is 11.8 Å². The van der Waals surface area contributed by atoms with E-state index in [0.717, 1.165) is 55.0 Å². The molecule has 1 fully saturated rings. The summed E-state index contributed by atoms with van der Waals surface area (Å²) in [6.45, 7) is 7.67. The Kier molecular flexibility index (Phi) is 6.43. The van der Waals surface area contributed by atoms with Gasteiger partial charge >= 0.3 is 0 Å². The number of amides is 2. The third-order valence-electron chi connectivity index (χ3n) is 6.60. The van der Waals surface area contributed by atoms with Gasteiger partial charge in [0.05, 0.1) is 11.4 Å². The van der Waals surface area contributed by atoms with E-state index >= 15 is 0 Å². The maximum atomic E-state index is 12.9. The van der Waals surface area contributed by atoms with Gasteiger partial charge in [0.2, 0.25) is 11.8 Å². The number of rotatable bonds is 6. The molecule has 168 valence electrons. The minimum Gasteiger partial charge on any atom is -0.343 e. The van der Waals surface area contributed by atoms with Gasteiger partial charge < -0.3 is 9.80 Å². The number of fused-ring (bicyclic) bond motifs is 1. The number of piperidine rings is 1. The van der Waals surface area contributed by atoms with E-state index in [9.17, 15) is 9.59 Å². The third kappa shape index (κ3) is 4.83. The molecule has 2 aliphatic heterocycles. The number of hydrogen-bond donors (Lipinski definition) is 0. The highest BCUT2D eigenvalue weighted by Crippen LogP contribution is 2.24. The molecule has 0 radical (unpaired) electrons. The molecule has 2 aromatic rings. The van der Waals surface area contributed by atoms with Crippen molar-refractivity contribution in [3.63, 3.8) is 0 Å². The number of nitrogens with zero attached hydrogens (tertiary/aromatic N) is 6. The van der Waals surface area contributed by atoms with Crippen molar-refractivity contribution in [1.29, 1.82) is 0 Å². The fourth-order valence-corrected chi connectivity index (χ4v) is 4.87. The van der Waals surface area contributed by atoms with Crippen molar-refractivity contribution < 1.29 is 9.59 Å². The van der Waals surface area contributed by atoms with Gasteiger partial charge in [0, 0.05) is 82.4 Å². The zero-order valence-electron chi connectivity index (χ0n) is 19.1. The van der Waals surface area contributed by atoms with Crippen LogP contribution in [0.3, 0.4) is 0 Å². The van der Waals surface area contributed by atoms with E-state index < -0.39 is 0 Å². The predicted molar refractivity (Wildman–Crippen MR) is 117 cm³/mol. The summed E-state index contributed by atoms with van der Waals surface area (Å²) >= 11 is 0. The first-order valence-corrected chi connectivity index (χ1v) is 11.5. The molecule has 0 bridgehead atoms. The van der Waals surface area contributed by atoms with Crippen LogP contribution in [-0.4, -0.2) is 60.8 Å². The van der Waals surface area contributed by atoms with Gasteiger partial charge in [0.1, 0.15) is 0 Å². The van der Waals surface area contributed by atoms with Crippen LogP contribution in [0.25, 0.3) is 0 Å². The van der Waals surface area contributed by atoms with Gasteiger partial charge in [-0.2, -0.15) is 10.2 Å². The monoisotopic (exact) mass is 426 g/mol. The molecule has 2 amide bonds. The van der Waals surface area contributed by atoms with E-state index in [4.69, 9.17) is 5.10 Å². The SMILES string of the molecule is Cc1cc(C)n(CCC(=O)N2CCc3c(c(CCC(=O)N4CCCCC4)nn3C)C2)n1. The van der Waals surface area contributed by atoms with Crippen molar-refractivity contribution >= 4 is 11.8 Å². The standard InChI is InChI=1S/C23H34N6O2/c1-17-15-18(2)29(24-17)14-10-23(31)28-13-9-21-19(16-28)20(25-26(21)3)7-8-22(30)27-11-5-4-6-12-27/h15H,4-14,16H2,1-3H3. The number of carbonyl (C=O) groups excluding carboxylic acids is 2. The van der Waals surface area contributed by atoms with Gasteiger partial charge in [-0.25, -0.2) is 0 Å². The number of aryl methyl sites for hydroxylation is 5. The Balaban J connectivity index is 1.36. The molecule has 0 atom stereocenters. The van der Waals surface area contributed by atoms with Crippen molar-refractivity contribution in [2.24, 2.45) is 7.05 Å². The average molecular weight is 427 g/mol. The first kappa shape index (κ1) is 21.6. The smallest absolute Gasteiger partial charge is 0.224 e. The molecule has 0 spiro atoms. The summed E-state index contributed by atoms with van der Waals surface area (Å²) in [5.74, 6) is 0.380. The highest BCUT2D eigenvalue weighted by Gasteiger charge is 2.27. The summed E-state index contributed by atoms with van der Waals surface area (Å²) in [5, 5.41) is 9.16. The Labute approximate surface area is 184 Å². The Morgan fingerprint density at radius 3 is 2.42 bits per heavy atom. The van der Waals surface area contributed by atoms with Crippen LogP contribution in [0, 0.1) is 13.8 Å². The lowest BCUT2D eigenvalue weighted by molar-refractivity contribution is -0.133. The Morgan fingerprint density at radius 1 is 0.968 bits per heavy atom. The van der Waals surface area contributed by atoms with E-state index in [2.05, 4.69) is 5.10 Å². The molecule has 0 aliphatic carbocycles. The molecule has 0 unspecified atom stereocenters. The predicted octanol–water partition coefficient (Wildman–Crippen LogP) is 2.15. The van der Waals surface area contributed by atoms with Crippen molar-refractivity contribution in [2.45, 2.75) is 71.9 Å². The zero-order valence-corrected chi connectivity index (χ0v) is 19.1. The molecule has 4 heterocycles. The quantitative estimate of drug-likeness (QED) is 0.709. The maximum absolute atomic E-state index is 12.9. The first-order chi connectivity index (χ1) is 14.9. The van der Waals surface area contributed by atoms with Crippen molar-refractivity contribution in [3.8, 4) is 0 Å². The number of likely N-dealkylation sites (tertiary alicyclic amines) is 1. The summed E-state index contributed by atoms with van der Waals surface area (Å²) < 4.78 is 3.85. The van der Waals surface area contributed by atoms with Crippen LogP contribution in [0.5, 0.6) is 0 Å². The molecular weight excluding hydrogens is 392 g/mol. The van der Waals surface area contributed by atoms with Crippen LogP contribution in [-0.2, 0) is 42.6 Å². The second kappa shape index (κ2) is 9.24. The second-order valence-electron chi connectivity index (χ2n) is 8.90. The molecule has 4 rings (SSSR count). The molecule has 0 aromatic carbocycles. The van der Waals surface area contributed by atoms with E-state index in [1.807, 2.05) is 46.1 Å². The van der Waals surface area contributed by atoms with Gasteiger partial charge in [-0.3, -0.25) is 19.0 Å². The van der Waals surface area contributed by atoms with Gasteiger partial charge in [-0.1, -0.05) is 0 Å². The molecule has 0 saturated carbocycles. The lowest BCUT2D eigenvalue weighted by Gasteiger charge is -2.28. The van der Waals surface area contributed by atoms with Crippen LogP contribution >= 0.6 is 0 Å². The Morgan fingerprint density at radius 2 is 1.71 bits per heavy atom. The topological polar surface area (TPSA) is 76.3 Å². The average Bonchev–Trinajstić information content (AvgIpc) is 3.27. The third-order valence-corrected chi connectivity index (χ3v) is 6.60. The number of hydrogen-bond acceptors (Lipinski definition) is 4. The van der Waals surface area contributed by atoms with Crippen molar-refractivity contribution in [2.75, 3.05) is 19.6 Å². The lowest BCUT2D eigenvalue weighted by Crippen LogP contribution is -2.37. The van der Waals surface area contributed by atoms with Gasteiger partial charge in [0.15, 0.2) is 0 Å². The fraction of sp³-hybridized carbons (Fsp3) is 0.652. The molecule has 0 N–H and O–H groups in total. The highest BCUT2D eigenvalue weighted by molar-refractivity contribution is 5.77. The minimum absolute atomic E-state index is 0.150. The van der Waals surface area contributed by atoms with Crippen molar-refractivity contribution in [3.05, 3.63) is 34.4 Å². The van der Waals surface area contributed by atoms with Gasteiger partial charge in [0.25, 0.3) is 0 Å². The Hall–Kier alpha value is -2.64. The minimum atomic E-state index is 0.150. The molecule has 8 nitrogen and oxygen atoms in total. The molecular formula is C23H34N6O2. The van der Waals surface area contributed by atoms with E-state index in [1.54, 1.807) is 0 Å². The van der Waals surface area contributed by atoms with Crippen LogP contribution in [0.2, 0.25) is 0 Å². The summed E-state index contributed by atoms with van der Waals surface area (Å²) in [6.07, 6.45) is 5.84. The summed E-state index contributed by atoms with van der Waals surface area (Å²) in [4.78, 5) is 29.4. The van der Waals surface area contributed by atoms with Crippen LogP contribution in [0.4, 0.5) is 0 Å². The van der Waals surface area contributed by atoms with Crippen LogP contribution in [0.1, 0.15) is 60.4 Å². The number of carbonyl (C=O) groups is 2. The van der Waals surface area contributed by atoms with Gasteiger partial charge in [-0.05, 0) is 39.2 Å². The first-order valence-electron chi connectivity index (χ1n) is 11.5. The summed E-state index contributed by atoms with van der Waals surface area (Å²) in [7, 11) is 1.97. The van der Waals surface area contributed by atoms with Crippen molar-refractivity contribution in [1.82, 2.24) is 29.4 Å². The summed E-state index contributed by atoms with van der Waals surface area (Å²) in [6, 6.07) is 2.03. The molecule has 8 heteroatoms. The molecule has 1 saturated heterocycles. The van der Waals surface area contributed by atoms with Crippen LogP contribution in [0.15, 0.2) is 6.07 Å². The zero-order chi connectivity index (χ0) is 22.0. The van der Waals surface area contributed by atoms with E-state index in [0.29, 0.717) is 38.9 Å². The second-order valence-corrected chi connectivity index (χ2v) is 8.90. The van der Waals surface area contributed by atoms with Crippen LogP contribution < -0.4 is 0 Å². The molecule has 2 aliphatic rings. The maximum Gasteiger partial charge on any atom is 0.224 e. The molecule has 2 aromatic heterocycles. The largest absolute Gasteiger partial charge is 0.343 e. The van der Waals surface area contributed by atoms with Gasteiger partial charge in [-0.15, -0.1) is 0 Å². The lowest BCUT2D eigenvalue weighted by atomic mass is 10.0. The molecule has 31 heavy (non-hydrogen) atoms. The van der Waals surface area contributed by atoms with E-state index in [1.165, 1.54) is 12.1 Å². The number of aromatic nitrogens is 4. The normalized spacial score (nSPS) is 16.5. The highest BCUT2D eigenvalue weighted by atomic mass is 16.2. The fourth-order valence-electron chi connectivity index (χ4n) is 4.87. The summed E-state index contributed by atoms with van der Waals surface area (Å²) in [5.41, 5.74) is 5.37. The Bertz CT molecular complexity index is 954.